The molecule has 14 nitrogen and oxygen atoms in total. The van der Waals surface area contributed by atoms with E-state index in [-0.39, 0.29) is 37.2 Å². The molecule has 2 aromatic rings. The third kappa shape index (κ3) is 7.71. The van der Waals surface area contributed by atoms with Gasteiger partial charge in [0.2, 0.25) is 27.7 Å². The van der Waals surface area contributed by atoms with Gasteiger partial charge in [0.25, 0.3) is 5.91 Å². The van der Waals surface area contributed by atoms with E-state index in [4.69, 9.17) is 4.74 Å². The smallest absolute Gasteiger partial charge is 0.319 e. The predicted octanol–water partition coefficient (Wildman–Crippen LogP) is 2.72. The molecule has 3 heterocycles. The number of ether oxygens (including phenoxy) is 1. The first-order chi connectivity index (χ1) is 23.6. The molecule has 1 aromatic heterocycles. The second-order valence-electron chi connectivity index (χ2n) is 14.6. The summed E-state index contributed by atoms with van der Waals surface area (Å²) in [5.74, 6) is -6.42. The van der Waals surface area contributed by atoms with Crippen LogP contribution in [0.25, 0.3) is 11.4 Å². The van der Waals surface area contributed by atoms with Crippen molar-refractivity contribution in [2.24, 2.45) is 11.8 Å². The van der Waals surface area contributed by atoms with Gasteiger partial charge in [-0.2, -0.15) is 4.80 Å². The van der Waals surface area contributed by atoms with Gasteiger partial charge in [0.05, 0.1) is 11.3 Å². The molecule has 6 rings (SSSR count). The topological polar surface area (TPSA) is 183 Å². The quantitative estimate of drug-likeness (QED) is 0.256. The van der Waals surface area contributed by atoms with Crippen LogP contribution in [-0.4, -0.2) is 86.2 Å². The number of allylic oxidation sites excluding steroid dienone is 1. The minimum absolute atomic E-state index is 0.0299. The van der Waals surface area contributed by atoms with Gasteiger partial charge < -0.3 is 15.0 Å². The van der Waals surface area contributed by atoms with E-state index in [1.165, 1.54) is 4.90 Å². The third-order valence-electron chi connectivity index (χ3n) is 9.43. The van der Waals surface area contributed by atoms with E-state index in [1.54, 1.807) is 20.8 Å². The van der Waals surface area contributed by atoms with Crippen LogP contribution in [0, 0.1) is 23.5 Å². The average molecular weight is 718 g/mol. The molecule has 2 saturated carbocycles. The number of hydrogen-bond acceptors (Lipinski definition) is 10. The highest BCUT2D eigenvalue weighted by Gasteiger charge is 2.62. The number of nitrogens with zero attached hydrogens (tertiary/aromatic N) is 5. The number of carbonyl (C=O) groups excluding carboxylic acids is 4. The molecule has 270 valence electrons. The second-order valence-corrected chi connectivity index (χ2v) is 16.5. The number of esters is 1. The predicted molar refractivity (Wildman–Crippen MR) is 173 cm³/mol. The number of hydrogen-bond donors (Lipinski definition) is 2. The number of carbonyl (C=O) groups is 4. The minimum Gasteiger partial charge on any atom is -0.459 e. The van der Waals surface area contributed by atoms with Gasteiger partial charge in [-0.05, 0) is 76.6 Å². The lowest BCUT2D eigenvalue weighted by Crippen LogP contribution is -2.57. The van der Waals surface area contributed by atoms with Crippen LogP contribution in [0.1, 0.15) is 84.6 Å². The number of sulfonamides is 1. The van der Waals surface area contributed by atoms with E-state index in [1.807, 2.05) is 12.2 Å². The van der Waals surface area contributed by atoms with Crippen molar-refractivity contribution in [2.45, 2.75) is 107 Å². The first-order valence-corrected chi connectivity index (χ1v) is 18.4. The zero-order chi connectivity index (χ0) is 36.0. The van der Waals surface area contributed by atoms with E-state index >= 15 is 0 Å². The van der Waals surface area contributed by atoms with E-state index in [0.717, 1.165) is 23.4 Å². The maximum absolute atomic E-state index is 14.3. The molecule has 1 aromatic carbocycles. The molecule has 0 unspecified atom stereocenters. The van der Waals surface area contributed by atoms with E-state index in [2.05, 4.69) is 25.4 Å². The zero-order valence-corrected chi connectivity index (χ0v) is 28.9. The fraction of sp³-hybridized carbons (Fsp3) is 0.606. The molecule has 5 atom stereocenters. The number of tetrazole rings is 1. The summed E-state index contributed by atoms with van der Waals surface area (Å²) < 4.78 is 61.1. The number of nitrogens with one attached hydrogen (secondary N) is 2. The Morgan fingerprint density at radius 2 is 1.78 bits per heavy atom. The standard InChI is InChI=1S/C33H41F2N7O7S/c1-32(2,3)49-30(45)25-10-8-6-4-5-7-9-20-17-33(20,31(46)39-50(47,48)24-11-12-24)36-28(43)26-16-23(18-41(26)29(25)44)42-38-27(37-40-42)19-13-21(34)15-22(35)14-19/h7,9,13-15,20,23-26H,4-6,8,10-12,16-18H2,1-3H3,(H,36,43)(H,39,46)/b9-7-/t20-,23+,25-,26-,33+/m0/s1. The summed E-state index contributed by atoms with van der Waals surface area (Å²) in [5.41, 5.74) is -2.42. The van der Waals surface area contributed by atoms with Gasteiger partial charge in [0.1, 0.15) is 34.7 Å². The fourth-order valence-corrected chi connectivity index (χ4v) is 7.95. The zero-order valence-electron chi connectivity index (χ0n) is 28.1. The van der Waals surface area contributed by atoms with Crippen LogP contribution in [0.15, 0.2) is 30.4 Å². The van der Waals surface area contributed by atoms with Gasteiger partial charge in [0.15, 0.2) is 0 Å². The van der Waals surface area contributed by atoms with Crippen LogP contribution >= 0.6 is 0 Å². The maximum atomic E-state index is 14.3. The Labute approximate surface area is 288 Å². The van der Waals surface area contributed by atoms with Gasteiger partial charge >= 0.3 is 5.97 Å². The highest BCUT2D eigenvalue weighted by atomic mass is 32.2. The molecule has 4 aliphatic rings. The lowest BCUT2D eigenvalue weighted by molar-refractivity contribution is -0.166. The first kappa shape index (κ1) is 35.5. The van der Waals surface area contributed by atoms with Crippen LogP contribution in [0.3, 0.4) is 0 Å². The molecule has 2 aliphatic heterocycles. The number of benzene rings is 1. The lowest BCUT2D eigenvalue weighted by atomic mass is 9.98. The van der Waals surface area contributed by atoms with Crippen molar-refractivity contribution in [1.82, 2.24) is 35.1 Å². The molecular weight excluding hydrogens is 676 g/mol. The summed E-state index contributed by atoms with van der Waals surface area (Å²) in [6.07, 6.45) is 7.48. The first-order valence-electron chi connectivity index (χ1n) is 16.9. The molecule has 17 heteroatoms. The number of halogens is 2. The van der Waals surface area contributed by atoms with Crippen molar-refractivity contribution in [3.63, 3.8) is 0 Å². The molecule has 1 saturated heterocycles. The van der Waals surface area contributed by atoms with Crippen molar-refractivity contribution < 1.29 is 41.1 Å². The van der Waals surface area contributed by atoms with Gasteiger partial charge in [-0.25, -0.2) is 17.2 Å². The van der Waals surface area contributed by atoms with Crippen LogP contribution < -0.4 is 10.0 Å². The summed E-state index contributed by atoms with van der Waals surface area (Å²) in [7, 11) is -3.92. The number of amides is 3. The van der Waals surface area contributed by atoms with E-state index < -0.39 is 85.7 Å². The average Bonchev–Trinajstić information content (AvgIpc) is 3.88. The van der Waals surface area contributed by atoms with Gasteiger partial charge in [-0.15, -0.1) is 10.2 Å². The highest BCUT2D eigenvalue weighted by molar-refractivity contribution is 7.91. The Balaban J connectivity index is 1.33. The van der Waals surface area contributed by atoms with Gasteiger partial charge in [0, 0.05) is 30.5 Å². The van der Waals surface area contributed by atoms with Crippen LogP contribution in [-0.2, 0) is 33.9 Å². The Morgan fingerprint density at radius 1 is 1.06 bits per heavy atom. The third-order valence-corrected chi connectivity index (χ3v) is 11.2. The Kier molecular flexibility index (Phi) is 9.56. The minimum atomic E-state index is -3.92. The molecule has 2 N–H and O–H groups in total. The summed E-state index contributed by atoms with van der Waals surface area (Å²) in [6.45, 7) is 4.93. The van der Waals surface area contributed by atoms with Crippen LogP contribution in [0.5, 0.6) is 0 Å². The van der Waals surface area contributed by atoms with E-state index in [0.29, 0.717) is 38.2 Å². The molecule has 0 spiro atoms. The van der Waals surface area contributed by atoms with Crippen LogP contribution in [0.2, 0.25) is 0 Å². The van der Waals surface area contributed by atoms with Crippen LogP contribution in [0.4, 0.5) is 8.78 Å². The summed E-state index contributed by atoms with van der Waals surface area (Å²) in [4.78, 5) is 58.0. The van der Waals surface area contributed by atoms with Crippen molar-refractivity contribution in [1.29, 1.82) is 0 Å². The Hall–Kier alpha value is -4.28. The maximum Gasteiger partial charge on any atom is 0.319 e. The summed E-state index contributed by atoms with van der Waals surface area (Å²) in [5, 5.41) is 14.4. The van der Waals surface area contributed by atoms with Gasteiger partial charge in [-0.1, -0.05) is 25.0 Å². The normalized spacial score (nSPS) is 28.4. The van der Waals surface area contributed by atoms with Crippen molar-refractivity contribution in [3.8, 4) is 11.4 Å². The monoisotopic (exact) mass is 717 g/mol. The van der Waals surface area contributed by atoms with Crippen molar-refractivity contribution in [3.05, 3.63) is 42.0 Å². The number of rotatable bonds is 6. The SMILES string of the molecule is CC(C)(C)OC(=O)[C@H]1CCCCC/C=C\[C@H]2C[C@@]2(C(=O)NS(=O)(=O)C2CC2)NC(=O)[C@@H]2C[C@@H](n3nnc(-c4cc(F)cc(F)c4)n3)CN2C1=O. The number of fused-ring (bicyclic) bond motifs is 2. The molecule has 3 fully saturated rings. The van der Waals surface area contributed by atoms with Crippen molar-refractivity contribution >= 4 is 33.7 Å². The van der Waals surface area contributed by atoms with Gasteiger partial charge in [-0.3, -0.25) is 23.9 Å². The Morgan fingerprint density at radius 3 is 2.46 bits per heavy atom. The Bertz CT molecular complexity index is 1800. The molecule has 50 heavy (non-hydrogen) atoms. The summed E-state index contributed by atoms with van der Waals surface area (Å²) in [6, 6.07) is 0.802. The largest absolute Gasteiger partial charge is 0.459 e. The summed E-state index contributed by atoms with van der Waals surface area (Å²) >= 11 is 0. The highest BCUT2D eigenvalue weighted by Crippen LogP contribution is 2.46. The van der Waals surface area contributed by atoms with Crippen molar-refractivity contribution in [2.75, 3.05) is 6.54 Å². The molecule has 2 aliphatic carbocycles. The molecular formula is C33H41F2N7O7S. The molecule has 0 bridgehead atoms. The molecule has 0 radical (unpaired) electrons. The second kappa shape index (κ2) is 13.5. The lowest BCUT2D eigenvalue weighted by Gasteiger charge is -2.30. The fourth-order valence-electron chi connectivity index (χ4n) is 6.58. The number of aromatic nitrogens is 4. The van der Waals surface area contributed by atoms with E-state index in [9.17, 15) is 36.4 Å². The molecule has 3 amide bonds.